The van der Waals surface area contributed by atoms with Gasteiger partial charge in [-0.25, -0.2) is 13.7 Å². The summed E-state index contributed by atoms with van der Waals surface area (Å²) in [7, 11) is 6.20. The van der Waals surface area contributed by atoms with Crippen LogP contribution in [0.25, 0.3) is 144 Å². The van der Waals surface area contributed by atoms with Gasteiger partial charge < -0.3 is 26.5 Å². The molecule has 9 heteroatoms. The van der Waals surface area contributed by atoms with E-state index in [1.54, 1.807) is 0 Å². The number of hydrogen-bond donors (Lipinski definition) is 0. The molecule has 0 saturated heterocycles. The molecule has 9 nitrogen and oxygen atoms in total. The van der Waals surface area contributed by atoms with Crippen molar-refractivity contribution in [1.82, 2.24) is 0 Å². The number of pyridine rings is 3. The van der Waals surface area contributed by atoms with Crippen LogP contribution in [0.1, 0.15) is 22.3 Å². The first-order valence-corrected chi connectivity index (χ1v) is 26.5. The van der Waals surface area contributed by atoms with Crippen LogP contribution in [0.5, 0.6) is 0 Å². The quantitative estimate of drug-likeness (QED) is 0.163. The van der Waals surface area contributed by atoms with Gasteiger partial charge in [0.1, 0.15) is 54.6 Å². The van der Waals surface area contributed by atoms with Crippen LogP contribution in [0.4, 0.5) is 0 Å². The first-order chi connectivity index (χ1) is 38.5. The zero-order valence-electron chi connectivity index (χ0n) is 44.8. The van der Waals surface area contributed by atoms with Gasteiger partial charge >= 0.3 is 0 Å². The minimum Gasteiger partial charge on any atom is -0.425 e. The first kappa shape index (κ1) is 47.5. The molecule has 382 valence electrons. The lowest BCUT2D eigenvalue weighted by Gasteiger charge is -2.07. The predicted octanol–water partition coefficient (Wildman–Crippen LogP) is 17.4. The van der Waals surface area contributed by atoms with Crippen molar-refractivity contribution in [2.45, 2.75) is 27.7 Å². The lowest BCUT2D eigenvalue weighted by molar-refractivity contribution is -0.660. The van der Waals surface area contributed by atoms with Crippen molar-refractivity contribution in [3.63, 3.8) is 0 Å². The Kier molecular flexibility index (Phi) is 11.2. The summed E-state index contributed by atoms with van der Waals surface area (Å²) in [4.78, 5) is 0. The number of nitrogens with zero attached hydrogens (tertiary/aromatic N) is 3. The van der Waals surface area contributed by atoms with Crippen LogP contribution in [-0.2, 0) is 21.1 Å². The highest BCUT2D eigenvalue weighted by Crippen LogP contribution is 2.43. The second kappa shape index (κ2) is 18.6. The Hall–Kier alpha value is -9.99. The van der Waals surface area contributed by atoms with E-state index in [-0.39, 0.29) is 0 Å². The highest BCUT2D eigenvalue weighted by molar-refractivity contribution is 6.20. The highest BCUT2D eigenvalue weighted by Gasteiger charge is 2.24. The summed E-state index contributed by atoms with van der Waals surface area (Å²) in [6, 6.07) is 62.6. The van der Waals surface area contributed by atoms with E-state index in [2.05, 4.69) is 196 Å². The molecule has 0 atom stereocenters. The van der Waals surface area contributed by atoms with Crippen LogP contribution in [0.2, 0.25) is 0 Å². The van der Waals surface area contributed by atoms with Crippen molar-refractivity contribution >= 4 is 99.3 Å². The van der Waals surface area contributed by atoms with Gasteiger partial charge in [0.2, 0.25) is 17.1 Å². The average Bonchev–Trinajstić information content (AvgIpc) is 4.16. The second-order valence-electron chi connectivity index (χ2n) is 20.8. The minimum absolute atomic E-state index is 0.588. The number of para-hydroxylation sites is 3. The number of hydrogen-bond acceptors (Lipinski definition) is 6. The van der Waals surface area contributed by atoms with Crippen molar-refractivity contribution < 1.29 is 40.2 Å². The third-order valence-corrected chi connectivity index (χ3v) is 15.5. The fraction of sp³-hybridized carbons (Fsp3) is 0.100. The SMILES string of the molecule is Cc1cc2c(cc1-c1cc(-c3ccccc3)cc[n+]1C)oc1oc3ccccc3c12.Cc1cc2c(cc1-c1cccc[n+]1C)oc1oc3ccccc3c12.Cc1cc[n+](C)c(-c2cc3oc4oc5ccccc5c4c3cc2C)c1. The van der Waals surface area contributed by atoms with Crippen molar-refractivity contribution in [2.24, 2.45) is 21.1 Å². The number of rotatable bonds is 4. The molecule has 7 aromatic carbocycles. The summed E-state index contributed by atoms with van der Waals surface area (Å²) < 4.78 is 42.3. The molecule has 9 aromatic heterocycles. The topological polar surface area (TPSA) is 90.5 Å². The van der Waals surface area contributed by atoms with Gasteiger partial charge in [-0.05, 0) is 122 Å². The van der Waals surface area contributed by atoms with E-state index in [0.717, 1.165) is 98.9 Å². The van der Waals surface area contributed by atoms with E-state index in [0.29, 0.717) is 17.3 Å². The third kappa shape index (κ3) is 8.04. The van der Waals surface area contributed by atoms with Gasteiger partial charge in [0.25, 0.3) is 17.3 Å². The van der Waals surface area contributed by atoms with E-state index >= 15 is 0 Å². The molecule has 79 heavy (non-hydrogen) atoms. The lowest BCUT2D eigenvalue weighted by atomic mass is 9.98. The van der Waals surface area contributed by atoms with E-state index in [4.69, 9.17) is 26.5 Å². The Morgan fingerprint density at radius 2 is 0.658 bits per heavy atom. The molecule has 0 aliphatic heterocycles. The predicted molar refractivity (Wildman–Crippen MR) is 315 cm³/mol. The van der Waals surface area contributed by atoms with Gasteiger partial charge in [0.15, 0.2) is 18.6 Å². The van der Waals surface area contributed by atoms with Crippen LogP contribution in [0.3, 0.4) is 0 Å². The monoisotopic (exact) mass is 1030 g/mol. The molecule has 16 aromatic rings. The van der Waals surface area contributed by atoms with Gasteiger partial charge in [0, 0.05) is 68.7 Å². The summed E-state index contributed by atoms with van der Waals surface area (Å²) >= 11 is 0. The van der Waals surface area contributed by atoms with E-state index in [1.807, 2.05) is 66.7 Å². The largest absolute Gasteiger partial charge is 0.425 e. The smallest absolute Gasteiger partial charge is 0.299 e. The van der Waals surface area contributed by atoms with Crippen LogP contribution in [0, 0.1) is 27.7 Å². The Labute approximate surface area is 454 Å². The summed E-state index contributed by atoms with van der Waals surface area (Å²) in [6.45, 7) is 8.57. The van der Waals surface area contributed by atoms with Gasteiger partial charge in [0.05, 0.1) is 32.8 Å². The van der Waals surface area contributed by atoms with Crippen LogP contribution >= 0.6 is 0 Å². The first-order valence-electron chi connectivity index (χ1n) is 26.5. The maximum absolute atomic E-state index is 6.13. The van der Waals surface area contributed by atoms with Gasteiger partial charge in [-0.2, -0.15) is 0 Å². The number of aryl methyl sites for hydroxylation is 7. The standard InChI is InChI=1S/C27H20NO2.C22H18NO2.C21H16NO2/c1-17-14-22-25(30-27-26(22)20-10-6-7-11-24(20)29-27)16-21(17)23-15-19(12-13-28(23)2)18-8-4-3-5-9-18;1-13-8-9-23(3)18(10-13)16-12-20-17(11-14(16)2)21-15-6-4-5-7-19(15)24-22(21)25-20;1-13-11-16-19(12-15(13)17-8-5-6-10-22(17)2)24-21-20(16)14-7-3-4-9-18(14)23-21/h3-16H,1-2H3;4-12H,1-3H3;3-12H,1-2H3/q3*+1. The van der Waals surface area contributed by atoms with Crippen molar-refractivity contribution in [3.8, 4) is 44.9 Å². The number of fused-ring (bicyclic) bond motifs is 15. The highest BCUT2D eigenvalue weighted by atomic mass is 16.5. The zero-order chi connectivity index (χ0) is 53.6. The molecule has 0 aliphatic rings. The molecule has 0 aliphatic carbocycles. The summed E-state index contributed by atoms with van der Waals surface area (Å²) in [6.07, 6.45) is 6.26. The molecule has 0 fully saturated rings. The van der Waals surface area contributed by atoms with Crippen LogP contribution in [-0.4, -0.2) is 0 Å². The summed E-state index contributed by atoms with van der Waals surface area (Å²) in [5.74, 6) is 1.78. The van der Waals surface area contributed by atoms with Gasteiger partial charge in [-0.3, -0.25) is 0 Å². The normalized spacial score (nSPS) is 11.7. The fourth-order valence-corrected chi connectivity index (χ4v) is 11.5. The van der Waals surface area contributed by atoms with Gasteiger partial charge in [-0.15, -0.1) is 0 Å². The zero-order valence-corrected chi connectivity index (χ0v) is 44.8. The molecule has 0 saturated carbocycles. The second-order valence-corrected chi connectivity index (χ2v) is 20.8. The maximum atomic E-state index is 6.13. The molecule has 0 amide bonds. The summed E-state index contributed by atoms with van der Waals surface area (Å²) in [5, 5.41) is 9.78. The number of aromatic nitrogens is 3. The average molecular weight is 1030 g/mol. The molecule has 16 rings (SSSR count). The molecule has 0 radical (unpaired) electrons. The molecular weight excluding hydrogens is 979 g/mol. The fourth-order valence-electron chi connectivity index (χ4n) is 11.5. The molecule has 0 N–H and O–H groups in total. The van der Waals surface area contributed by atoms with Crippen molar-refractivity contribution in [2.75, 3.05) is 0 Å². The van der Waals surface area contributed by atoms with E-state index in [1.165, 1.54) is 50.2 Å². The minimum atomic E-state index is 0.588. The molecule has 0 bridgehead atoms. The van der Waals surface area contributed by atoms with Crippen LogP contribution < -0.4 is 13.7 Å². The number of benzene rings is 7. The lowest BCUT2D eigenvalue weighted by Crippen LogP contribution is -2.30. The van der Waals surface area contributed by atoms with E-state index < -0.39 is 0 Å². The summed E-state index contributed by atoms with van der Waals surface area (Å²) in [5.41, 5.74) is 19.5. The van der Waals surface area contributed by atoms with Crippen molar-refractivity contribution in [1.29, 1.82) is 0 Å². The maximum Gasteiger partial charge on any atom is 0.299 e. The molecule has 9 heterocycles. The third-order valence-electron chi connectivity index (χ3n) is 15.5. The van der Waals surface area contributed by atoms with Crippen LogP contribution in [0.15, 0.2) is 227 Å². The molecule has 0 spiro atoms. The van der Waals surface area contributed by atoms with Gasteiger partial charge in [-0.1, -0.05) is 84.9 Å². The van der Waals surface area contributed by atoms with E-state index in [9.17, 15) is 0 Å². The molecule has 0 unspecified atom stereocenters. The Morgan fingerprint density at radius 3 is 1.13 bits per heavy atom. The Bertz CT molecular complexity index is 5060. The Morgan fingerprint density at radius 1 is 0.278 bits per heavy atom. The van der Waals surface area contributed by atoms with Crippen molar-refractivity contribution in [3.05, 3.63) is 223 Å². The Balaban J connectivity index is 0.000000108. The number of furan rings is 6. The molecular formula is C70H54N3O6+3.